The van der Waals surface area contributed by atoms with Gasteiger partial charge in [0.15, 0.2) is 0 Å². The van der Waals surface area contributed by atoms with E-state index in [4.69, 9.17) is 0 Å². The lowest BCUT2D eigenvalue weighted by molar-refractivity contribution is -0.140. The molecule has 0 fully saturated rings. The van der Waals surface area contributed by atoms with E-state index in [-0.39, 0.29) is 12.5 Å². The summed E-state index contributed by atoms with van der Waals surface area (Å²) in [6, 6.07) is 23.5. The van der Waals surface area contributed by atoms with Crippen molar-refractivity contribution in [3.8, 4) is 0 Å². The third-order valence-corrected chi connectivity index (χ3v) is 7.13. The minimum absolute atomic E-state index is 0.165. The van der Waals surface area contributed by atoms with Gasteiger partial charge in [-0.05, 0) is 55.2 Å². The molecule has 3 aromatic carbocycles. The minimum Gasteiger partial charge on any atom is -0.355 e. The third-order valence-electron chi connectivity index (χ3n) is 5.99. The number of carbonyl (C=O) groups excluding carboxylic acids is 2. The number of rotatable bonds is 11. The van der Waals surface area contributed by atoms with Crippen LogP contribution in [0.4, 0.5) is 5.69 Å². The van der Waals surface area contributed by atoms with E-state index in [0.717, 1.165) is 32.8 Å². The summed E-state index contributed by atoms with van der Waals surface area (Å²) in [5, 5.41) is 2.85. The summed E-state index contributed by atoms with van der Waals surface area (Å²) in [4.78, 5) is 28.7. The summed E-state index contributed by atoms with van der Waals surface area (Å²) >= 11 is 0. The molecule has 3 aromatic rings. The van der Waals surface area contributed by atoms with Gasteiger partial charge < -0.3 is 10.2 Å². The van der Waals surface area contributed by atoms with Crippen molar-refractivity contribution in [1.82, 2.24) is 10.2 Å². The van der Waals surface area contributed by atoms with E-state index in [9.17, 15) is 18.0 Å². The predicted octanol–water partition coefficient (Wildman–Crippen LogP) is 3.85. The Hall–Kier alpha value is -3.65. The van der Waals surface area contributed by atoms with Crippen LogP contribution in [0.25, 0.3) is 0 Å². The highest BCUT2D eigenvalue weighted by Gasteiger charge is 2.32. The van der Waals surface area contributed by atoms with Crippen LogP contribution < -0.4 is 9.62 Å². The number of aryl methyl sites for hydroxylation is 2. The molecule has 0 spiro atoms. The second kappa shape index (κ2) is 12.5. The van der Waals surface area contributed by atoms with E-state index in [2.05, 4.69) is 5.32 Å². The van der Waals surface area contributed by atoms with E-state index in [1.165, 1.54) is 4.90 Å². The van der Waals surface area contributed by atoms with Crippen LogP contribution in [-0.4, -0.2) is 50.5 Å². The van der Waals surface area contributed by atoms with Crippen molar-refractivity contribution < 1.29 is 18.0 Å². The summed E-state index contributed by atoms with van der Waals surface area (Å²) in [5.41, 5.74) is 3.95. The van der Waals surface area contributed by atoms with Crippen molar-refractivity contribution in [2.24, 2.45) is 0 Å². The summed E-state index contributed by atoms with van der Waals surface area (Å²) < 4.78 is 26.8. The highest BCUT2D eigenvalue weighted by atomic mass is 32.2. The quantitative estimate of drug-likeness (QED) is 0.415. The number of carbonyl (C=O) groups is 2. The molecule has 0 saturated carbocycles. The molecule has 2 amide bonds. The number of benzene rings is 3. The van der Waals surface area contributed by atoms with Gasteiger partial charge in [-0.2, -0.15) is 0 Å². The fourth-order valence-electron chi connectivity index (χ4n) is 4.33. The minimum atomic E-state index is -3.78. The Balaban J connectivity index is 2.03. The van der Waals surface area contributed by atoms with Crippen molar-refractivity contribution in [2.45, 2.75) is 39.8 Å². The molecule has 0 radical (unpaired) electrons. The maximum absolute atomic E-state index is 13.9. The number of nitrogens with one attached hydrogen (secondary N) is 1. The lowest BCUT2D eigenvalue weighted by atomic mass is 10.0. The number of hydrogen-bond acceptors (Lipinski definition) is 4. The Morgan fingerprint density at radius 2 is 1.41 bits per heavy atom. The molecule has 1 unspecified atom stereocenters. The average molecular weight is 522 g/mol. The Bertz CT molecular complexity index is 1290. The van der Waals surface area contributed by atoms with Crippen molar-refractivity contribution in [2.75, 3.05) is 23.7 Å². The van der Waals surface area contributed by atoms with Crippen molar-refractivity contribution in [3.05, 3.63) is 101 Å². The fraction of sp³-hybridized carbons (Fsp3) is 0.310. The molecule has 0 heterocycles. The zero-order valence-corrected chi connectivity index (χ0v) is 22.7. The first-order chi connectivity index (χ1) is 17.6. The van der Waals surface area contributed by atoms with Crippen LogP contribution in [0.5, 0.6) is 0 Å². The topological polar surface area (TPSA) is 86.8 Å². The molecule has 1 N–H and O–H groups in total. The number of likely N-dealkylation sites (N-methyl/N-ethyl adjacent to an activating group) is 1. The molecule has 1 atom stereocenters. The van der Waals surface area contributed by atoms with Crippen molar-refractivity contribution in [3.63, 3.8) is 0 Å². The molecule has 8 heteroatoms. The van der Waals surface area contributed by atoms with Crippen LogP contribution in [0.3, 0.4) is 0 Å². The molecule has 196 valence electrons. The van der Waals surface area contributed by atoms with Crippen LogP contribution >= 0.6 is 0 Å². The van der Waals surface area contributed by atoms with Gasteiger partial charge in [0.1, 0.15) is 12.6 Å². The first-order valence-corrected chi connectivity index (χ1v) is 14.1. The Labute approximate surface area is 220 Å². The van der Waals surface area contributed by atoms with E-state index >= 15 is 0 Å². The molecule has 0 aromatic heterocycles. The van der Waals surface area contributed by atoms with Gasteiger partial charge >= 0.3 is 0 Å². The van der Waals surface area contributed by atoms with Crippen LogP contribution in [0, 0.1) is 13.8 Å². The average Bonchev–Trinajstić information content (AvgIpc) is 2.84. The molecule has 0 saturated heterocycles. The maximum atomic E-state index is 13.9. The SMILES string of the molecule is CCNC(=O)C(Cc1ccccc1)N(Cc1ccccc1)C(=O)CN(c1cc(C)cc(C)c1)S(C)(=O)=O. The van der Waals surface area contributed by atoms with E-state index < -0.39 is 28.5 Å². The highest BCUT2D eigenvalue weighted by molar-refractivity contribution is 7.92. The van der Waals surface area contributed by atoms with Gasteiger partial charge in [-0.15, -0.1) is 0 Å². The van der Waals surface area contributed by atoms with E-state index in [1.807, 2.05) is 87.5 Å². The van der Waals surface area contributed by atoms with Gasteiger partial charge in [0.05, 0.1) is 11.9 Å². The standard InChI is InChI=1S/C29H35N3O4S/c1-5-30-29(34)27(19-24-12-8-6-9-13-24)31(20-25-14-10-7-11-15-25)28(33)21-32(37(4,35)36)26-17-22(2)16-23(3)18-26/h6-18,27H,5,19-21H2,1-4H3,(H,30,34). The fourth-order valence-corrected chi connectivity index (χ4v) is 5.17. The number of anilines is 1. The smallest absolute Gasteiger partial charge is 0.244 e. The molecule has 3 rings (SSSR count). The number of nitrogens with zero attached hydrogens (tertiary/aromatic N) is 2. The number of sulfonamides is 1. The Morgan fingerprint density at radius 3 is 1.92 bits per heavy atom. The Morgan fingerprint density at radius 1 is 0.865 bits per heavy atom. The zero-order chi connectivity index (χ0) is 27.0. The van der Waals surface area contributed by atoms with Crippen molar-refractivity contribution >= 4 is 27.5 Å². The maximum Gasteiger partial charge on any atom is 0.244 e. The number of amides is 2. The largest absolute Gasteiger partial charge is 0.355 e. The lowest BCUT2D eigenvalue weighted by Gasteiger charge is -2.33. The monoisotopic (exact) mass is 521 g/mol. The van der Waals surface area contributed by atoms with Gasteiger partial charge in [-0.25, -0.2) is 8.42 Å². The summed E-state index contributed by atoms with van der Waals surface area (Å²) in [7, 11) is -3.78. The molecular weight excluding hydrogens is 486 g/mol. The predicted molar refractivity (Wildman–Crippen MR) is 148 cm³/mol. The van der Waals surface area contributed by atoms with Crippen LogP contribution in [0.15, 0.2) is 78.9 Å². The van der Waals surface area contributed by atoms with Gasteiger partial charge in [-0.1, -0.05) is 66.7 Å². The normalized spacial score (nSPS) is 12.0. The molecule has 0 aliphatic heterocycles. The van der Waals surface area contributed by atoms with Gasteiger partial charge in [0.25, 0.3) is 0 Å². The second-order valence-electron chi connectivity index (χ2n) is 9.22. The summed E-state index contributed by atoms with van der Waals surface area (Å²) in [6.07, 6.45) is 1.39. The molecular formula is C29H35N3O4S. The van der Waals surface area contributed by atoms with Gasteiger partial charge in [0, 0.05) is 19.5 Å². The summed E-state index contributed by atoms with van der Waals surface area (Å²) in [5.74, 6) is -0.742. The molecule has 0 aliphatic rings. The number of hydrogen-bond donors (Lipinski definition) is 1. The molecule has 0 aliphatic carbocycles. The van der Waals surface area contributed by atoms with Gasteiger partial charge in [-0.3, -0.25) is 13.9 Å². The lowest BCUT2D eigenvalue weighted by Crippen LogP contribution is -2.53. The zero-order valence-electron chi connectivity index (χ0n) is 21.8. The van der Waals surface area contributed by atoms with Crippen LogP contribution in [-0.2, 0) is 32.6 Å². The summed E-state index contributed by atoms with van der Waals surface area (Å²) in [6.45, 7) is 5.75. The first kappa shape index (κ1) is 27.9. The molecule has 0 bridgehead atoms. The Kier molecular flexibility index (Phi) is 9.47. The van der Waals surface area contributed by atoms with Crippen molar-refractivity contribution in [1.29, 1.82) is 0 Å². The molecule has 37 heavy (non-hydrogen) atoms. The van der Waals surface area contributed by atoms with Crippen LogP contribution in [0.2, 0.25) is 0 Å². The molecule has 7 nitrogen and oxygen atoms in total. The van der Waals surface area contributed by atoms with Gasteiger partial charge in [0.2, 0.25) is 21.8 Å². The highest BCUT2D eigenvalue weighted by Crippen LogP contribution is 2.23. The second-order valence-corrected chi connectivity index (χ2v) is 11.1. The van der Waals surface area contributed by atoms with E-state index in [0.29, 0.717) is 18.7 Å². The van der Waals surface area contributed by atoms with Crippen LogP contribution in [0.1, 0.15) is 29.2 Å². The third kappa shape index (κ3) is 7.92. The van der Waals surface area contributed by atoms with E-state index in [1.54, 1.807) is 12.1 Å². The first-order valence-electron chi connectivity index (χ1n) is 12.3.